The molecule has 0 atom stereocenters. The molecule has 0 fully saturated rings. The molecule has 0 aliphatic heterocycles. The molecule has 0 aliphatic carbocycles. The zero-order valence-corrected chi connectivity index (χ0v) is 19.4. The molecule has 0 unspecified atom stereocenters. The summed E-state index contributed by atoms with van der Waals surface area (Å²) in [5.74, 6) is -0.332. The van der Waals surface area contributed by atoms with Crippen LogP contribution in [0.5, 0.6) is 0 Å². The predicted octanol–water partition coefficient (Wildman–Crippen LogP) is 9.34. The van der Waals surface area contributed by atoms with Crippen molar-refractivity contribution in [3.63, 3.8) is 0 Å². The molecule has 0 aromatic heterocycles. The Morgan fingerprint density at radius 2 is 1.59 bits per heavy atom. The van der Waals surface area contributed by atoms with Crippen molar-refractivity contribution in [1.82, 2.24) is 0 Å². The molecule has 2 rings (SSSR count). The molecule has 27 heavy (non-hydrogen) atoms. The van der Waals surface area contributed by atoms with E-state index in [2.05, 4.69) is 18.2 Å². The quantitative estimate of drug-likeness (QED) is 0.315. The van der Waals surface area contributed by atoms with Crippen molar-refractivity contribution in [2.24, 2.45) is 0 Å². The summed E-state index contributed by atoms with van der Waals surface area (Å²) < 4.78 is 12.6. The van der Waals surface area contributed by atoms with E-state index in [4.69, 9.17) is 34.8 Å². The topological polar surface area (TPSA) is 0 Å². The fourth-order valence-electron chi connectivity index (χ4n) is 1.56. The van der Waals surface area contributed by atoms with Gasteiger partial charge in [0.25, 0.3) is 0 Å². The highest BCUT2D eigenvalue weighted by molar-refractivity contribution is 6.35. The van der Waals surface area contributed by atoms with Gasteiger partial charge in [0.05, 0.1) is 5.02 Å². The van der Waals surface area contributed by atoms with Crippen LogP contribution in [0.15, 0.2) is 60.7 Å². The number of hydrogen-bond acceptors (Lipinski definition) is 0. The molecule has 150 valence electrons. The minimum Gasteiger partial charge on any atom is -0.205 e. The van der Waals surface area contributed by atoms with Gasteiger partial charge < -0.3 is 0 Å². The minimum atomic E-state index is -0.332. The van der Waals surface area contributed by atoms with Gasteiger partial charge >= 0.3 is 0 Å². The standard InChI is InChI=1S/C8H8ClF.C7H6Cl2.C6H10.CH3Cl/c1-2-6-3-4-7(9)8(10)5-6;1-5-2-3-6(8)4-7(5)9;1-4-5-6(2)3;1-2/h3-5H,2H2,1H3;2-4H,1H3;4-5H,1H2,2-3H3;1H3. The Kier molecular flexibility index (Phi) is 17.9. The normalized spacial score (nSPS) is 8.67. The van der Waals surface area contributed by atoms with Crippen molar-refractivity contribution in [2.45, 2.75) is 34.1 Å². The molecule has 0 N–H and O–H groups in total. The Balaban J connectivity index is 0. The summed E-state index contributed by atoms with van der Waals surface area (Å²) in [7, 11) is 0. The lowest BCUT2D eigenvalue weighted by Crippen LogP contribution is -1.82. The van der Waals surface area contributed by atoms with Crippen molar-refractivity contribution in [3.8, 4) is 0 Å². The van der Waals surface area contributed by atoms with Gasteiger partial charge in [-0.2, -0.15) is 0 Å². The van der Waals surface area contributed by atoms with Crippen LogP contribution in [0.3, 0.4) is 0 Å². The van der Waals surface area contributed by atoms with E-state index in [9.17, 15) is 4.39 Å². The van der Waals surface area contributed by atoms with Gasteiger partial charge in [-0.05, 0) is 62.6 Å². The molecule has 2 aromatic rings. The summed E-state index contributed by atoms with van der Waals surface area (Å²) in [5.41, 5.74) is 3.33. The van der Waals surface area contributed by atoms with Gasteiger partial charge in [0.1, 0.15) is 5.82 Å². The van der Waals surface area contributed by atoms with E-state index in [0.29, 0.717) is 5.02 Å². The molecule has 0 heterocycles. The third-order valence-corrected chi connectivity index (χ3v) is 3.93. The summed E-state index contributed by atoms with van der Waals surface area (Å²) in [5, 5.41) is 1.60. The second-order valence-corrected chi connectivity index (χ2v) is 6.73. The summed E-state index contributed by atoms with van der Waals surface area (Å²) in [4.78, 5) is 0. The number of hydrogen-bond donors (Lipinski definition) is 0. The molecule has 0 saturated carbocycles. The average molecular weight is 452 g/mol. The molecule has 2 aromatic carbocycles. The van der Waals surface area contributed by atoms with Crippen LogP contribution in [-0.4, -0.2) is 6.38 Å². The van der Waals surface area contributed by atoms with Crippen LogP contribution in [0.25, 0.3) is 0 Å². The Hall–Kier alpha value is -0.990. The summed E-state index contributed by atoms with van der Waals surface area (Å²) >= 11 is 21.5. The van der Waals surface area contributed by atoms with E-state index in [1.54, 1.807) is 18.2 Å². The number of alkyl halides is 1. The highest BCUT2D eigenvalue weighted by Crippen LogP contribution is 2.19. The van der Waals surface area contributed by atoms with E-state index >= 15 is 0 Å². The molecular formula is C22H27Cl4F. The van der Waals surface area contributed by atoms with E-state index in [1.165, 1.54) is 18.0 Å². The third-order valence-electron chi connectivity index (χ3n) is 2.98. The third kappa shape index (κ3) is 14.7. The highest BCUT2D eigenvalue weighted by Gasteiger charge is 1.97. The maximum atomic E-state index is 12.6. The van der Waals surface area contributed by atoms with Crippen LogP contribution in [0.1, 0.15) is 31.9 Å². The molecule has 0 amide bonds. The first-order chi connectivity index (χ1) is 12.7. The number of allylic oxidation sites excluding steroid dienone is 3. The van der Waals surface area contributed by atoms with Gasteiger partial charge in [0.15, 0.2) is 0 Å². The Morgan fingerprint density at radius 3 is 1.93 bits per heavy atom. The minimum absolute atomic E-state index is 0.192. The first-order valence-electron chi connectivity index (χ1n) is 8.20. The zero-order valence-electron chi connectivity index (χ0n) is 16.4. The predicted molar refractivity (Wildman–Crippen MR) is 123 cm³/mol. The van der Waals surface area contributed by atoms with E-state index in [-0.39, 0.29) is 10.8 Å². The van der Waals surface area contributed by atoms with Gasteiger partial charge in [-0.1, -0.05) is 78.2 Å². The van der Waals surface area contributed by atoms with Crippen molar-refractivity contribution >= 4 is 46.4 Å². The van der Waals surface area contributed by atoms with Crippen LogP contribution < -0.4 is 0 Å². The van der Waals surface area contributed by atoms with Gasteiger partial charge in [-0.3, -0.25) is 0 Å². The summed E-state index contributed by atoms with van der Waals surface area (Å²) in [6.07, 6.45) is 6.07. The van der Waals surface area contributed by atoms with Gasteiger partial charge in [-0.25, -0.2) is 4.39 Å². The highest BCUT2D eigenvalue weighted by atomic mass is 35.5. The van der Waals surface area contributed by atoms with E-state index < -0.39 is 0 Å². The SMILES string of the molecule is C=CC=C(C)C.CCc1ccc(Cl)c(F)c1.CCl.Cc1ccc(Cl)cc1Cl. The van der Waals surface area contributed by atoms with E-state index in [0.717, 1.165) is 22.6 Å². The zero-order chi connectivity index (χ0) is 21.4. The second kappa shape index (κ2) is 17.1. The number of aryl methyl sites for hydroxylation is 2. The molecule has 0 nitrogen and oxygen atoms in total. The Labute approximate surface area is 183 Å². The van der Waals surface area contributed by atoms with Crippen molar-refractivity contribution < 1.29 is 4.39 Å². The number of benzene rings is 2. The smallest absolute Gasteiger partial charge is 0.142 e. The molecule has 0 bridgehead atoms. The van der Waals surface area contributed by atoms with E-state index in [1.807, 2.05) is 52.0 Å². The molecular weight excluding hydrogens is 425 g/mol. The first kappa shape index (κ1) is 28.2. The lowest BCUT2D eigenvalue weighted by Gasteiger charge is -1.96. The molecule has 5 heteroatoms. The van der Waals surface area contributed by atoms with Crippen LogP contribution in [-0.2, 0) is 6.42 Å². The van der Waals surface area contributed by atoms with Crippen molar-refractivity contribution in [3.05, 3.63) is 92.7 Å². The Morgan fingerprint density at radius 1 is 1.00 bits per heavy atom. The molecule has 0 spiro atoms. The van der Waals surface area contributed by atoms with Crippen molar-refractivity contribution in [2.75, 3.05) is 6.38 Å². The Bertz CT molecular complexity index is 705. The van der Waals surface area contributed by atoms with Crippen LogP contribution in [0.4, 0.5) is 4.39 Å². The van der Waals surface area contributed by atoms with Crippen LogP contribution in [0.2, 0.25) is 15.1 Å². The lowest BCUT2D eigenvalue weighted by molar-refractivity contribution is 0.626. The molecule has 0 radical (unpaired) electrons. The maximum Gasteiger partial charge on any atom is 0.142 e. The second-order valence-electron chi connectivity index (χ2n) is 5.48. The summed E-state index contributed by atoms with van der Waals surface area (Å²) in [6, 6.07) is 10.3. The van der Waals surface area contributed by atoms with Crippen LogP contribution >= 0.6 is 46.4 Å². The van der Waals surface area contributed by atoms with Gasteiger partial charge in [0, 0.05) is 16.4 Å². The maximum absolute atomic E-state index is 12.6. The molecule has 0 saturated heterocycles. The number of rotatable bonds is 2. The largest absolute Gasteiger partial charge is 0.205 e. The van der Waals surface area contributed by atoms with Crippen LogP contribution in [0, 0.1) is 12.7 Å². The van der Waals surface area contributed by atoms with Crippen molar-refractivity contribution in [1.29, 1.82) is 0 Å². The van der Waals surface area contributed by atoms with Gasteiger partial charge in [0.2, 0.25) is 0 Å². The van der Waals surface area contributed by atoms with Gasteiger partial charge in [-0.15, -0.1) is 11.6 Å². The number of halogens is 5. The monoisotopic (exact) mass is 450 g/mol. The summed E-state index contributed by atoms with van der Waals surface area (Å²) in [6.45, 7) is 11.5. The fourth-order valence-corrected chi connectivity index (χ4v) is 2.09. The fraction of sp³-hybridized carbons (Fsp3) is 0.273. The first-order valence-corrected chi connectivity index (χ1v) is 10.1. The molecule has 0 aliphatic rings. The lowest BCUT2D eigenvalue weighted by atomic mass is 10.2. The average Bonchev–Trinajstić information content (AvgIpc) is 2.63.